The zero-order valence-corrected chi connectivity index (χ0v) is 19.1. The first-order valence-corrected chi connectivity index (χ1v) is 10.6. The summed E-state index contributed by atoms with van der Waals surface area (Å²) in [5.74, 6) is 1.81. The number of aromatic nitrogens is 2. The highest BCUT2D eigenvalue weighted by Gasteiger charge is 2.29. The fourth-order valence-electron chi connectivity index (χ4n) is 4.32. The minimum Gasteiger partial charge on any atom is -0.368 e. The molecule has 8 heteroatoms. The zero-order chi connectivity index (χ0) is 19.3. The molecule has 2 aromatic rings. The van der Waals surface area contributed by atoms with Crippen molar-refractivity contribution >= 4 is 36.6 Å². The Balaban J connectivity index is 0.00000160. The lowest BCUT2D eigenvalue weighted by molar-refractivity contribution is 0.290. The molecule has 166 valence electrons. The molecule has 0 radical (unpaired) electrons. The molecule has 2 aliphatic rings. The van der Waals surface area contributed by atoms with Crippen LogP contribution in [-0.2, 0) is 6.42 Å². The highest BCUT2D eigenvalue weighted by molar-refractivity contribution is 5.85. The molecule has 1 saturated carbocycles. The molecule has 4 N–H and O–H groups in total. The van der Waals surface area contributed by atoms with Gasteiger partial charge in [0, 0.05) is 37.7 Å². The quantitative estimate of drug-likeness (QED) is 0.699. The van der Waals surface area contributed by atoms with E-state index in [4.69, 9.17) is 11.5 Å². The smallest absolute Gasteiger partial charge is 0.222 e. The maximum atomic E-state index is 6.01. The Hall–Kier alpha value is -1.60. The lowest BCUT2D eigenvalue weighted by Crippen LogP contribution is -2.36. The van der Waals surface area contributed by atoms with Crippen molar-refractivity contribution in [3.63, 3.8) is 0 Å². The van der Waals surface area contributed by atoms with Crippen LogP contribution in [0.5, 0.6) is 0 Å². The molecule has 2 fully saturated rings. The maximum absolute atomic E-state index is 6.01. The Kier molecular flexibility index (Phi) is 9.62. The molecule has 0 bridgehead atoms. The molecule has 1 aliphatic heterocycles. The Bertz CT molecular complexity index is 769. The van der Waals surface area contributed by atoms with Crippen molar-refractivity contribution in [3.05, 3.63) is 47.7 Å². The normalized spacial score (nSPS) is 21.7. The average molecular weight is 453 g/mol. The molecule has 0 amide bonds. The summed E-state index contributed by atoms with van der Waals surface area (Å²) in [7, 11) is 0. The third-order valence-electron chi connectivity index (χ3n) is 6.04. The molecule has 6 nitrogen and oxygen atoms in total. The van der Waals surface area contributed by atoms with Gasteiger partial charge in [-0.15, -0.1) is 24.8 Å². The van der Waals surface area contributed by atoms with E-state index in [9.17, 15) is 0 Å². The predicted molar refractivity (Wildman–Crippen MR) is 129 cm³/mol. The molecule has 1 aliphatic carbocycles. The fraction of sp³-hybridized carbons (Fsp3) is 0.545. The third kappa shape index (κ3) is 6.45. The highest BCUT2D eigenvalue weighted by atomic mass is 35.5. The van der Waals surface area contributed by atoms with E-state index in [1.165, 1.54) is 12.0 Å². The number of hydrogen-bond donors (Lipinski definition) is 2. The zero-order valence-electron chi connectivity index (χ0n) is 17.4. The molecular weight excluding hydrogens is 419 g/mol. The van der Waals surface area contributed by atoms with Gasteiger partial charge in [0.05, 0.1) is 5.69 Å². The number of nitrogens with two attached hydrogens (primary N) is 2. The van der Waals surface area contributed by atoms with Crippen LogP contribution in [0.3, 0.4) is 0 Å². The van der Waals surface area contributed by atoms with E-state index in [0.29, 0.717) is 17.9 Å². The van der Waals surface area contributed by atoms with Crippen LogP contribution >= 0.6 is 24.8 Å². The van der Waals surface area contributed by atoms with Crippen molar-refractivity contribution in [1.29, 1.82) is 0 Å². The predicted octanol–water partition coefficient (Wildman–Crippen LogP) is 3.25. The monoisotopic (exact) mass is 452 g/mol. The summed E-state index contributed by atoms with van der Waals surface area (Å²) >= 11 is 0. The van der Waals surface area contributed by atoms with Crippen LogP contribution in [0, 0.1) is 0 Å². The Morgan fingerprint density at radius 3 is 2.47 bits per heavy atom. The van der Waals surface area contributed by atoms with Gasteiger partial charge in [-0.3, -0.25) is 0 Å². The number of benzene rings is 1. The number of rotatable bonds is 6. The van der Waals surface area contributed by atoms with Gasteiger partial charge < -0.3 is 21.3 Å². The number of hydrogen-bond acceptors (Lipinski definition) is 6. The second-order valence-corrected chi connectivity index (χ2v) is 8.21. The van der Waals surface area contributed by atoms with Gasteiger partial charge in [-0.25, -0.2) is 4.98 Å². The van der Waals surface area contributed by atoms with E-state index in [-0.39, 0.29) is 24.8 Å². The van der Waals surface area contributed by atoms with Gasteiger partial charge in [-0.2, -0.15) is 4.98 Å². The number of anilines is 2. The molecule has 30 heavy (non-hydrogen) atoms. The van der Waals surface area contributed by atoms with Crippen LogP contribution in [-0.4, -0.2) is 53.6 Å². The first-order valence-electron chi connectivity index (χ1n) is 10.6. The molecule has 1 aromatic carbocycles. The molecule has 0 unspecified atom stereocenters. The molecule has 1 saturated heterocycles. The third-order valence-corrected chi connectivity index (χ3v) is 6.04. The minimum absolute atomic E-state index is 0. The molecular formula is C22H34Cl2N6. The Morgan fingerprint density at radius 1 is 0.967 bits per heavy atom. The van der Waals surface area contributed by atoms with Crippen molar-refractivity contribution in [2.45, 2.75) is 44.1 Å². The van der Waals surface area contributed by atoms with Crippen molar-refractivity contribution in [1.82, 2.24) is 14.9 Å². The van der Waals surface area contributed by atoms with E-state index in [1.807, 2.05) is 0 Å². The summed E-state index contributed by atoms with van der Waals surface area (Å²) in [6, 6.07) is 13.2. The van der Waals surface area contributed by atoms with Gasteiger partial charge in [0.15, 0.2) is 0 Å². The lowest BCUT2D eigenvalue weighted by Gasteiger charge is -2.32. The fourth-order valence-corrected chi connectivity index (χ4v) is 4.32. The van der Waals surface area contributed by atoms with Gasteiger partial charge in [0.1, 0.15) is 5.82 Å². The largest absolute Gasteiger partial charge is 0.368 e. The average Bonchev–Trinajstić information content (AvgIpc) is 2.92. The number of nitrogens with zero attached hydrogens (tertiary/aromatic N) is 4. The van der Waals surface area contributed by atoms with Crippen LogP contribution < -0.4 is 16.4 Å². The van der Waals surface area contributed by atoms with E-state index in [0.717, 1.165) is 69.9 Å². The minimum atomic E-state index is 0. The van der Waals surface area contributed by atoms with Gasteiger partial charge in [0.2, 0.25) is 5.95 Å². The number of halogens is 2. The van der Waals surface area contributed by atoms with Gasteiger partial charge >= 0.3 is 0 Å². The van der Waals surface area contributed by atoms with E-state index < -0.39 is 0 Å². The van der Waals surface area contributed by atoms with Gasteiger partial charge in [-0.1, -0.05) is 30.3 Å². The highest BCUT2D eigenvalue weighted by Crippen LogP contribution is 2.36. The molecule has 2 heterocycles. The van der Waals surface area contributed by atoms with Crippen molar-refractivity contribution in [2.75, 3.05) is 43.4 Å². The second kappa shape index (κ2) is 11.7. The van der Waals surface area contributed by atoms with Crippen LogP contribution in [0.4, 0.5) is 11.8 Å². The SMILES string of the molecule is Cl.Cl.Nc1nc(C2CC(N)C2)cc(N2CCCN(CCCc3ccccc3)CC2)n1. The second-order valence-electron chi connectivity index (χ2n) is 8.21. The molecule has 4 rings (SSSR count). The topological polar surface area (TPSA) is 84.3 Å². The van der Waals surface area contributed by atoms with E-state index in [1.54, 1.807) is 0 Å². The Labute approximate surface area is 192 Å². The summed E-state index contributed by atoms with van der Waals surface area (Å²) in [5, 5.41) is 0. The maximum Gasteiger partial charge on any atom is 0.222 e. The number of aryl methyl sites for hydroxylation is 1. The first kappa shape index (κ1) is 24.7. The van der Waals surface area contributed by atoms with Crippen LogP contribution in [0.1, 0.15) is 42.9 Å². The van der Waals surface area contributed by atoms with Crippen LogP contribution in [0.15, 0.2) is 36.4 Å². The van der Waals surface area contributed by atoms with E-state index >= 15 is 0 Å². The van der Waals surface area contributed by atoms with Crippen molar-refractivity contribution in [3.8, 4) is 0 Å². The summed E-state index contributed by atoms with van der Waals surface area (Å²) < 4.78 is 0. The van der Waals surface area contributed by atoms with E-state index in [2.05, 4.69) is 56.2 Å². The lowest BCUT2D eigenvalue weighted by atomic mass is 9.78. The summed E-state index contributed by atoms with van der Waals surface area (Å²) in [6.45, 7) is 5.39. The molecule has 1 aromatic heterocycles. The molecule has 0 spiro atoms. The number of nitrogen functional groups attached to an aromatic ring is 1. The summed E-state index contributed by atoms with van der Waals surface area (Å²) in [5.41, 5.74) is 14.5. The Morgan fingerprint density at radius 2 is 1.73 bits per heavy atom. The summed E-state index contributed by atoms with van der Waals surface area (Å²) in [4.78, 5) is 14.0. The van der Waals surface area contributed by atoms with Crippen LogP contribution in [0.2, 0.25) is 0 Å². The van der Waals surface area contributed by atoms with Gasteiger partial charge in [-0.05, 0) is 50.8 Å². The standard InChI is InChI=1S/C22H32N6.2ClH/c23-19-14-18(15-19)20-16-21(26-22(24)25-20)28-11-5-10-27(12-13-28)9-4-8-17-6-2-1-3-7-17;;/h1-3,6-7,16,18-19H,4-5,8-15,23H2,(H2,24,25,26);2*1H. The van der Waals surface area contributed by atoms with Crippen molar-refractivity contribution < 1.29 is 0 Å². The first-order chi connectivity index (χ1) is 13.7. The van der Waals surface area contributed by atoms with Gasteiger partial charge in [0.25, 0.3) is 0 Å². The van der Waals surface area contributed by atoms with Crippen molar-refractivity contribution in [2.24, 2.45) is 5.73 Å². The van der Waals surface area contributed by atoms with Crippen LogP contribution in [0.25, 0.3) is 0 Å². The molecule has 0 atom stereocenters. The summed E-state index contributed by atoms with van der Waals surface area (Å²) in [6.07, 6.45) is 5.52.